The third-order valence-electron chi connectivity index (χ3n) is 3.97. The number of ether oxygens (including phenoxy) is 1. The van der Waals surface area contributed by atoms with Crippen molar-refractivity contribution in [2.45, 2.75) is 52.2 Å². The molecule has 4 heteroatoms. The minimum Gasteiger partial charge on any atom is -0.369 e. The highest BCUT2D eigenvalue weighted by atomic mass is 16.5. The number of amides is 1. The van der Waals surface area contributed by atoms with Gasteiger partial charge in [-0.25, -0.2) is 0 Å². The molecule has 104 valence electrons. The highest BCUT2D eigenvalue weighted by Gasteiger charge is 2.42. The van der Waals surface area contributed by atoms with E-state index in [4.69, 9.17) is 4.74 Å². The third-order valence-corrected chi connectivity index (χ3v) is 3.97. The molecule has 0 saturated carbocycles. The van der Waals surface area contributed by atoms with Crippen LogP contribution < -0.4 is 5.32 Å². The van der Waals surface area contributed by atoms with E-state index in [0.29, 0.717) is 6.54 Å². The molecule has 0 aliphatic carbocycles. The number of carbonyl (C=O) groups is 1. The largest absolute Gasteiger partial charge is 0.369 e. The number of nitrogens with one attached hydrogen (secondary N) is 1. The maximum Gasteiger partial charge on any atom is 0.229 e. The number of hydrogen-bond donors (Lipinski definition) is 1. The van der Waals surface area contributed by atoms with Gasteiger partial charge >= 0.3 is 0 Å². The molecule has 2 unspecified atom stereocenters. The zero-order chi connectivity index (χ0) is 13.4. The highest BCUT2D eigenvalue weighted by Crippen LogP contribution is 2.31. The lowest BCUT2D eigenvalue weighted by atomic mass is 9.81. The van der Waals surface area contributed by atoms with Crippen LogP contribution in [0.1, 0.15) is 40.5 Å². The van der Waals surface area contributed by atoms with E-state index in [1.807, 2.05) is 11.8 Å². The van der Waals surface area contributed by atoms with Gasteiger partial charge in [-0.3, -0.25) is 4.79 Å². The van der Waals surface area contributed by atoms with Crippen molar-refractivity contribution in [2.75, 3.05) is 26.2 Å². The minimum absolute atomic E-state index is 0.123. The summed E-state index contributed by atoms with van der Waals surface area (Å²) in [6, 6.07) is 0. The second-order valence-corrected chi connectivity index (χ2v) is 6.71. The van der Waals surface area contributed by atoms with Crippen LogP contribution in [0.4, 0.5) is 0 Å². The van der Waals surface area contributed by atoms with Crippen LogP contribution in [-0.4, -0.2) is 48.7 Å². The van der Waals surface area contributed by atoms with Gasteiger partial charge < -0.3 is 15.0 Å². The van der Waals surface area contributed by atoms with Crippen LogP contribution in [0.15, 0.2) is 0 Å². The predicted molar refractivity (Wildman–Crippen MR) is 71.4 cm³/mol. The second kappa shape index (κ2) is 4.82. The van der Waals surface area contributed by atoms with Crippen molar-refractivity contribution in [1.82, 2.24) is 10.2 Å². The van der Waals surface area contributed by atoms with Crippen molar-refractivity contribution in [3.05, 3.63) is 0 Å². The lowest BCUT2D eigenvalue weighted by Crippen LogP contribution is -2.58. The average Bonchev–Trinajstić information content (AvgIpc) is 2.26. The van der Waals surface area contributed by atoms with Gasteiger partial charge in [0.15, 0.2) is 0 Å². The average molecular weight is 254 g/mol. The summed E-state index contributed by atoms with van der Waals surface area (Å²) >= 11 is 0. The van der Waals surface area contributed by atoms with Crippen molar-refractivity contribution in [1.29, 1.82) is 0 Å². The summed E-state index contributed by atoms with van der Waals surface area (Å²) in [5.74, 6) is 0.290. The van der Waals surface area contributed by atoms with Gasteiger partial charge in [0, 0.05) is 19.6 Å². The zero-order valence-corrected chi connectivity index (χ0v) is 12.1. The Bertz CT molecular complexity index is 322. The van der Waals surface area contributed by atoms with E-state index in [1.54, 1.807) is 0 Å². The molecule has 2 atom stereocenters. The second-order valence-electron chi connectivity index (χ2n) is 6.71. The first-order valence-corrected chi connectivity index (χ1v) is 7.00. The zero-order valence-electron chi connectivity index (χ0n) is 12.1. The maximum atomic E-state index is 12.7. The van der Waals surface area contributed by atoms with Crippen molar-refractivity contribution in [2.24, 2.45) is 5.41 Å². The molecule has 4 nitrogen and oxygen atoms in total. The molecule has 0 spiro atoms. The van der Waals surface area contributed by atoms with Crippen LogP contribution in [0, 0.1) is 5.41 Å². The number of nitrogens with zero attached hydrogens (tertiary/aromatic N) is 1. The van der Waals surface area contributed by atoms with E-state index < -0.39 is 0 Å². The molecule has 1 amide bonds. The first kappa shape index (κ1) is 13.8. The molecule has 0 aromatic heterocycles. The Labute approximate surface area is 110 Å². The first-order chi connectivity index (χ1) is 8.32. The smallest absolute Gasteiger partial charge is 0.229 e. The van der Waals surface area contributed by atoms with Gasteiger partial charge in [0.25, 0.3) is 0 Å². The Kier molecular flexibility index (Phi) is 3.70. The molecule has 0 bridgehead atoms. The van der Waals surface area contributed by atoms with Crippen LogP contribution >= 0.6 is 0 Å². The Balaban J connectivity index is 2.08. The number of rotatable bonds is 1. The van der Waals surface area contributed by atoms with E-state index in [-0.39, 0.29) is 23.0 Å². The van der Waals surface area contributed by atoms with Crippen LogP contribution in [-0.2, 0) is 9.53 Å². The molecular formula is C14H26N2O2. The number of hydrogen-bond acceptors (Lipinski definition) is 3. The molecule has 0 aromatic rings. The fourth-order valence-corrected chi connectivity index (χ4v) is 3.23. The van der Waals surface area contributed by atoms with Crippen molar-refractivity contribution in [3.8, 4) is 0 Å². The van der Waals surface area contributed by atoms with Crippen molar-refractivity contribution < 1.29 is 9.53 Å². The number of morpholine rings is 1. The van der Waals surface area contributed by atoms with Gasteiger partial charge in [0.05, 0.1) is 17.1 Å². The molecule has 2 rings (SSSR count). The fourth-order valence-electron chi connectivity index (χ4n) is 3.23. The van der Waals surface area contributed by atoms with Crippen LogP contribution in [0.5, 0.6) is 0 Å². The normalized spacial score (nSPS) is 36.4. The summed E-state index contributed by atoms with van der Waals surface area (Å²) in [5.41, 5.74) is -0.461. The molecular weight excluding hydrogens is 228 g/mol. The van der Waals surface area contributed by atoms with Crippen molar-refractivity contribution in [3.63, 3.8) is 0 Å². The lowest BCUT2D eigenvalue weighted by molar-refractivity contribution is -0.167. The van der Waals surface area contributed by atoms with E-state index in [1.165, 1.54) is 0 Å². The quantitative estimate of drug-likeness (QED) is 0.769. The minimum atomic E-state index is -0.231. The standard InChI is InChI=1S/C14H26N2O2/c1-11-8-16(10-13(2,3)18-11)12(17)14(4)6-5-7-15-9-14/h11,15H,5-10H2,1-4H3. The molecule has 2 saturated heterocycles. The molecule has 18 heavy (non-hydrogen) atoms. The maximum absolute atomic E-state index is 12.7. The van der Waals surface area contributed by atoms with E-state index in [9.17, 15) is 4.79 Å². The predicted octanol–water partition coefficient (Wildman–Crippen LogP) is 1.40. The summed E-state index contributed by atoms with van der Waals surface area (Å²) in [6.45, 7) is 11.5. The first-order valence-electron chi connectivity index (χ1n) is 7.00. The van der Waals surface area contributed by atoms with Crippen molar-refractivity contribution >= 4 is 5.91 Å². The lowest BCUT2D eigenvalue weighted by Gasteiger charge is -2.45. The molecule has 2 heterocycles. The fraction of sp³-hybridized carbons (Fsp3) is 0.929. The van der Waals surface area contributed by atoms with Crippen LogP contribution in [0.25, 0.3) is 0 Å². The summed E-state index contributed by atoms with van der Waals surface area (Å²) in [6.07, 6.45) is 2.20. The summed E-state index contributed by atoms with van der Waals surface area (Å²) in [4.78, 5) is 14.7. The molecule has 0 radical (unpaired) electrons. The van der Waals surface area contributed by atoms with E-state index in [2.05, 4.69) is 26.1 Å². The SMILES string of the molecule is CC1CN(C(=O)C2(C)CCCNC2)CC(C)(C)O1. The summed E-state index contributed by atoms with van der Waals surface area (Å²) in [7, 11) is 0. The van der Waals surface area contributed by atoms with E-state index >= 15 is 0 Å². The molecule has 2 aliphatic heterocycles. The van der Waals surface area contributed by atoms with Gasteiger partial charge in [0.2, 0.25) is 5.91 Å². The molecule has 0 aromatic carbocycles. The van der Waals surface area contributed by atoms with Gasteiger partial charge in [-0.1, -0.05) is 0 Å². The summed E-state index contributed by atoms with van der Waals surface area (Å²) in [5, 5.41) is 3.35. The Morgan fingerprint density at radius 1 is 1.39 bits per heavy atom. The van der Waals surface area contributed by atoms with Gasteiger partial charge in [-0.05, 0) is 47.1 Å². The molecule has 1 N–H and O–H groups in total. The van der Waals surface area contributed by atoms with Gasteiger partial charge in [-0.2, -0.15) is 0 Å². The van der Waals surface area contributed by atoms with Gasteiger partial charge in [0.1, 0.15) is 0 Å². The monoisotopic (exact) mass is 254 g/mol. The Hall–Kier alpha value is -0.610. The number of carbonyl (C=O) groups excluding carboxylic acids is 1. The van der Waals surface area contributed by atoms with Crippen LogP contribution in [0.3, 0.4) is 0 Å². The number of piperidine rings is 1. The molecule has 2 aliphatic rings. The molecule has 2 fully saturated rings. The highest BCUT2D eigenvalue weighted by molar-refractivity contribution is 5.83. The van der Waals surface area contributed by atoms with E-state index in [0.717, 1.165) is 32.5 Å². The topological polar surface area (TPSA) is 41.6 Å². The third kappa shape index (κ3) is 2.86. The Morgan fingerprint density at radius 3 is 2.67 bits per heavy atom. The Morgan fingerprint density at radius 2 is 2.11 bits per heavy atom. The van der Waals surface area contributed by atoms with Gasteiger partial charge in [-0.15, -0.1) is 0 Å². The summed E-state index contributed by atoms with van der Waals surface area (Å²) < 4.78 is 5.86. The van der Waals surface area contributed by atoms with Crippen LogP contribution in [0.2, 0.25) is 0 Å².